The molecule has 11 heteroatoms. The van der Waals surface area contributed by atoms with Crippen molar-refractivity contribution in [1.82, 2.24) is 29.6 Å². The van der Waals surface area contributed by atoms with Gasteiger partial charge >= 0.3 is 6.36 Å². The molecule has 32 heavy (non-hydrogen) atoms. The summed E-state index contributed by atoms with van der Waals surface area (Å²) in [5, 5.41) is 4.65. The van der Waals surface area contributed by atoms with Gasteiger partial charge < -0.3 is 15.5 Å². The first-order chi connectivity index (χ1) is 15.3. The van der Waals surface area contributed by atoms with E-state index < -0.39 is 12.1 Å². The number of hydrogen-bond acceptors (Lipinski definition) is 6. The fourth-order valence-electron chi connectivity index (χ4n) is 5.07. The lowest BCUT2D eigenvalue weighted by Gasteiger charge is -2.28. The second kappa shape index (κ2) is 7.51. The van der Waals surface area contributed by atoms with Gasteiger partial charge in [-0.15, -0.1) is 13.2 Å². The number of rotatable bonds is 5. The van der Waals surface area contributed by atoms with Crippen LogP contribution in [0.4, 0.5) is 19.0 Å². The summed E-state index contributed by atoms with van der Waals surface area (Å²) < 4.78 is 44.0. The van der Waals surface area contributed by atoms with Crippen molar-refractivity contribution in [2.75, 3.05) is 18.8 Å². The number of fused-ring (bicyclic) bond motifs is 2. The number of halogens is 3. The number of imidazole rings is 1. The second-order valence-corrected chi connectivity index (χ2v) is 8.44. The number of nitrogens with zero attached hydrogens (tertiary/aromatic N) is 5. The Kier molecular flexibility index (Phi) is 4.88. The van der Waals surface area contributed by atoms with Gasteiger partial charge in [0.05, 0.1) is 11.7 Å². The van der Waals surface area contributed by atoms with Gasteiger partial charge in [0.25, 0.3) is 0 Å². The molecule has 1 spiro atoms. The summed E-state index contributed by atoms with van der Waals surface area (Å²) in [6, 6.07) is 3.43. The Bertz CT molecular complexity index is 1110. The van der Waals surface area contributed by atoms with E-state index in [4.69, 9.17) is 5.73 Å². The number of aromatic amines is 1. The summed E-state index contributed by atoms with van der Waals surface area (Å²) in [7, 11) is 0. The minimum absolute atomic E-state index is 0.0300. The number of likely N-dealkylation sites (tertiary alicyclic amines) is 1. The van der Waals surface area contributed by atoms with Crippen LogP contribution in [0.2, 0.25) is 0 Å². The number of ether oxygens (including phenoxy) is 1. The molecule has 0 unspecified atom stereocenters. The highest BCUT2D eigenvalue weighted by molar-refractivity contribution is 5.64. The summed E-state index contributed by atoms with van der Waals surface area (Å²) in [6.45, 7) is 4.77. The molecule has 2 atom stereocenters. The Morgan fingerprint density at radius 1 is 1.25 bits per heavy atom. The lowest BCUT2D eigenvalue weighted by molar-refractivity contribution is -0.274. The SMILES string of the molecule is CC[C@H](c1ncc[nH]1)N1CC[C@@]2(CCn3nc(-c4cnc(N)c(OC(F)(F)F)c4)cc32)C1. The molecule has 1 saturated heterocycles. The number of aryl methyl sites for hydroxylation is 1. The molecule has 0 aromatic carbocycles. The Morgan fingerprint density at radius 2 is 2.06 bits per heavy atom. The maximum absolute atomic E-state index is 12.7. The van der Waals surface area contributed by atoms with Gasteiger partial charge in [-0.3, -0.25) is 9.58 Å². The minimum Gasteiger partial charge on any atom is -0.402 e. The zero-order valence-corrected chi connectivity index (χ0v) is 17.6. The standard InChI is InChI=1S/C21H24F3N7O/c1-2-15(19-26-5-6-27-19)30-7-3-20(12-30)4-8-31-17(20)10-14(29-31)13-9-16(18(25)28-11-13)32-21(22,23)24/h5-6,9-11,15H,2-4,7-8,12H2,1H3,(H2,25,28)(H,26,27)/t15-,20-/m1/s1. The van der Waals surface area contributed by atoms with Crippen LogP contribution in [0.15, 0.2) is 30.7 Å². The van der Waals surface area contributed by atoms with E-state index in [1.807, 2.05) is 16.9 Å². The first-order valence-electron chi connectivity index (χ1n) is 10.6. The van der Waals surface area contributed by atoms with Gasteiger partial charge in [0, 0.05) is 48.4 Å². The van der Waals surface area contributed by atoms with Crippen LogP contribution in [0, 0.1) is 0 Å². The number of nitrogens with one attached hydrogen (secondary N) is 1. The quantitative estimate of drug-likeness (QED) is 0.620. The summed E-state index contributed by atoms with van der Waals surface area (Å²) >= 11 is 0. The largest absolute Gasteiger partial charge is 0.573 e. The summed E-state index contributed by atoms with van der Waals surface area (Å²) in [5.41, 5.74) is 7.65. The smallest absolute Gasteiger partial charge is 0.402 e. The number of hydrogen-bond donors (Lipinski definition) is 2. The van der Waals surface area contributed by atoms with Crippen LogP contribution in [-0.4, -0.2) is 49.1 Å². The second-order valence-electron chi connectivity index (χ2n) is 8.44. The summed E-state index contributed by atoms with van der Waals surface area (Å²) in [6.07, 6.45) is 3.14. The Balaban J connectivity index is 1.41. The molecular weight excluding hydrogens is 423 g/mol. The molecule has 8 nitrogen and oxygen atoms in total. The van der Waals surface area contributed by atoms with Crippen molar-refractivity contribution in [1.29, 1.82) is 0 Å². The zero-order chi connectivity index (χ0) is 22.5. The Hall–Kier alpha value is -3.08. The molecule has 1 fully saturated rings. The molecule has 2 aliphatic rings. The number of pyridine rings is 1. The van der Waals surface area contributed by atoms with Gasteiger partial charge in [0.15, 0.2) is 11.6 Å². The number of H-pyrrole nitrogens is 1. The molecule has 3 aromatic rings. The van der Waals surface area contributed by atoms with Crippen molar-refractivity contribution in [3.05, 3.63) is 42.2 Å². The Morgan fingerprint density at radius 3 is 2.78 bits per heavy atom. The topological polar surface area (TPSA) is 97.9 Å². The van der Waals surface area contributed by atoms with Crippen LogP contribution in [0.5, 0.6) is 5.75 Å². The average molecular weight is 447 g/mol. The zero-order valence-electron chi connectivity index (χ0n) is 17.6. The van der Waals surface area contributed by atoms with Gasteiger partial charge in [0.2, 0.25) is 0 Å². The van der Waals surface area contributed by atoms with Crippen molar-refractivity contribution in [3.63, 3.8) is 0 Å². The first-order valence-corrected chi connectivity index (χ1v) is 10.6. The maximum atomic E-state index is 12.7. The third-order valence-electron chi connectivity index (χ3n) is 6.57. The molecule has 0 amide bonds. The van der Waals surface area contributed by atoms with Crippen LogP contribution in [0.3, 0.4) is 0 Å². The van der Waals surface area contributed by atoms with E-state index >= 15 is 0 Å². The predicted octanol–water partition coefficient (Wildman–Crippen LogP) is 3.65. The molecular formula is C21H24F3N7O. The molecule has 0 aliphatic carbocycles. The highest BCUT2D eigenvalue weighted by Gasteiger charge is 2.47. The summed E-state index contributed by atoms with van der Waals surface area (Å²) in [5.74, 6) is 0.139. The van der Waals surface area contributed by atoms with Crippen molar-refractivity contribution in [2.24, 2.45) is 0 Å². The molecule has 0 bridgehead atoms. The average Bonchev–Trinajstić information content (AvgIpc) is 3.51. The van der Waals surface area contributed by atoms with E-state index in [2.05, 4.69) is 36.6 Å². The highest BCUT2D eigenvalue weighted by Crippen LogP contribution is 2.46. The third kappa shape index (κ3) is 3.60. The Labute approximate surface area is 182 Å². The summed E-state index contributed by atoms with van der Waals surface area (Å²) in [4.78, 5) is 14.0. The molecule has 5 rings (SSSR count). The molecule has 0 saturated carbocycles. The molecule has 3 aromatic heterocycles. The van der Waals surface area contributed by atoms with E-state index in [-0.39, 0.29) is 17.3 Å². The number of nitrogens with two attached hydrogens (primary N) is 1. The van der Waals surface area contributed by atoms with E-state index in [0.29, 0.717) is 11.3 Å². The van der Waals surface area contributed by atoms with Gasteiger partial charge in [-0.25, -0.2) is 9.97 Å². The normalized spacial score (nSPS) is 21.9. The monoisotopic (exact) mass is 447 g/mol. The fourth-order valence-corrected chi connectivity index (χ4v) is 5.07. The van der Waals surface area contributed by atoms with Crippen LogP contribution in [0.25, 0.3) is 11.3 Å². The van der Waals surface area contributed by atoms with E-state index in [0.717, 1.165) is 50.4 Å². The van der Waals surface area contributed by atoms with Crippen molar-refractivity contribution >= 4 is 5.82 Å². The van der Waals surface area contributed by atoms with Crippen molar-refractivity contribution in [3.8, 4) is 17.0 Å². The molecule has 170 valence electrons. The predicted molar refractivity (Wildman–Crippen MR) is 111 cm³/mol. The lowest BCUT2D eigenvalue weighted by Crippen LogP contribution is -2.32. The van der Waals surface area contributed by atoms with Crippen molar-refractivity contribution < 1.29 is 17.9 Å². The van der Waals surface area contributed by atoms with Crippen LogP contribution in [0.1, 0.15) is 43.7 Å². The molecule has 2 aliphatic heterocycles. The van der Waals surface area contributed by atoms with Crippen LogP contribution >= 0.6 is 0 Å². The minimum atomic E-state index is -4.84. The van der Waals surface area contributed by atoms with Crippen LogP contribution < -0.4 is 10.5 Å². The van der Waals surface area contributed by atoms with E-state index in [9.17, 15) is 13.2 Å². The number of aromatic nitrogens is 5. The lowest BCUT2D eigenvalue weighted by atomic mass is 9.82. The fraction of sp³-hybridized carbons (Fsp3) is 0.476. The van der Waals surface area contributed by atoms with Gasteiger partial charge in [-0.2, -0.15) is 5.10 Å². The molecule has 0 radical (unpaired) electrons. The van der Waals surface area contributed by atoms with Crippen molar-refractivity contribution in [2.45, 2.75) is 50.6 Å². The first kappa shape index (κ1) is 20.8. The number of anilines is 1. The highest BCUT2D eigenvalue weighted by atomic mass is 19.4. The van der Waals surface area contributed by atoms with E-state index in [1.54, 1.807) is 6.20 Å². The van der Waals surface area contributed by atoms with Gasteiger partial charge in [-0.05, 0) is 37.9 Å². The van der Waals surface area contributed by atoms with Crippen LogP contribution in [-0.2, 0) is 12.0 Å². The number of alkyl halides is 3. The molecule has 3 N–H and O–H groups in total. The molecule has 5 heterocycles. The third-order valence-corrected chi connectivity index (χ3v) is 6.57. The maximum Gasteiger partial charge on any atom is 0.573 e. The van der Waals surface area contributed by atoms with Gasteiger partial charge in [-0.1, -0.05) is 6.92 Å². The van der Waals surface area contributed by atoms with Gasteiger partial charge in [0.1, 0.15) is 5.82 Å². The number of nitrogen functional groups attached to an aromatic ring is 1. The van der Waals surface area contributed by atoms with E-state index in [1.165, 1.54) is 12.3 Å².